The number of nitrogens with zero attached hydrogens (tertiary/aromatic N) is 2. The predicted octanol–water partition coefficient (Wildman–Crippen LogP) is 1.86. The molecule has 31 heavy (non-hydrogen) atoms. The summed E-state index contributed by atoms with van der Waals surface area (Å²) >= 11 is 7.59. The van der Waals surface area contributed by atoms with E-state index in [9.17, 15) is 19.5 Å². The van der Waals surface area contributed by atoms with Crippen molar-refractivity contribution in [3.63, 3.8) is 0 Å². The van der Waals surface area contributed by atoms with Gasteiger partial charge >= 0.3 is 5.97 Å². The van der Waals surface area contributed by atoms with Gasteiger partial charge in [0.2, 0.25) is 5.91 Å². The third-order valence-electron chi connectivity index (χ3n) is 5.13. The molecule has 2 aliphatic rings. The van der Waals surface area contributed by atoms with Gasteiger partial charge in [-0.2, -0.15) is 0 Å². The molecule has 0 saturated carbocycles. The second kappa shape index (κ2) is 8.56. The molecule has 0 unspecified atom stereocenters. The summed E-state index contributed by atoms with van der Waals surface area (Å²) in [7, 11) is 0. The highest BCUT2D eigenvalue weighted by Crippen LogP contribution is 2.39. The van der Waals surface area contributed by atoms with E-state index in [2.05, 4.69) is 0 Å². The molecule has 1 fully saturated rings. The van der Waals surface area contributed by atoms with Crippen molar-refractivity contribution in [2.45, 2.75) is 18.3 Å². The van der Waals surface area contributed by atoms with E-state index in [0.717, 1.165) is 11.1 Å². The fourth-order valence-corrected chi connectivity index (χ4v) is 5.01. The highest BCUT2D eigenvalue weighted by atomic mass is 35.5. The first-order chi connectivity index (χ1) is 14.8. The normalized spacial score (nSPS) is 18.2. The molecular formula is C22H17ClN2O5S. The lowest BCUT2D eigenvalue weighted by molar-refractivity contribution is -0.686. The van der Waals surface area contributed by atoms with Gasteiger partial charge in [-0.1, -0.05) is 23.7 Å². The monoisotopic (exact) mass is 456 g/mol. The SMILES string of the molecule is O=C([O-])C1=C(/C=C/C[n+]2ccc(-c3ccc(C(=O)O)c(Cl)c3)cc2)CS[C@@H]2CC(=O)N12. The van der Waals surface area contributed by atoms with Gasteiger partial charge < -0.3 is 15.0 Å². The standard InChI is InChI=1S/C22H17ClN2O5S/c23-17-10-14(3-4-16(17)21(27)28)13-5-8-24(9-6-13)7-1-2-15-12-31-19-11-18(26)25(19)20(15)22(29)30/h1-6,8-10,19H,7,11-12H2,(H-,27,28,29,30)/b2-1+/t19-/m1/s1. The van der Waals surface area contributed by atoms with Crippen LogP contribution in [0, 0.1) is 0 Å². The number of carboxylic acid groups (broad SMARTS) is 2. The van der Waals surface area contributed by atoms with Gasteiger partial charge in [0.05, 0.1) is 34.0 Å². The van der Waals surface area contributed by atoms with Gasteiger partial charge in [0.15, 0.2) is 18.9 Å². The zero-order chi connectivity index (χ0) is 22.1. The lowest BCUT2D eigenvalue weighted by Gasteiger charge is -2.45. The number of aromatic carboxylic acids is 1. The van der Waals surface area contributed by atoms with E-state index in [1.165, 1.54) is 11.0 Å². The van der Waals surface area contributed by atoms with Crippen molar-refractivity contribution in [3.8, 4) is 11.1 Å². The number of pyridine rings is 1. The van der Waals surface area contributed by atoms with Gasteiger partial charge in [-0.3, -0.25) is 9.69 Å². The number of hydrogen-bond donors (Lipinski definition) is 1. The molecule has 1 aromatic heterocycles. The lowest BCUT2D eigenvalue weighted by Crippen LogP contribution is -2.55. The first kappa shape index (κ1) is 21.1. The fourth-order valence-electron chi connectivity index (χ4n) is 3.51. The highest BCUT2D eigenvalue weighted by Gasteiger charge is 2.42. The summed E-state index contributed by atoms with van der Waals surface area (Å²) in [4.78, 5) is 35.7. The third kappa shape index (κ3) is 4.22. The fraction of sp³-hybridized carbons (Fsp3) is 0.182. The van der Waals surface area contributed by atoms with Gasteiger partial charge in [-0.15, -0.1) is 11.8 Å². The Labute approximate surface area is 187 Å². The number of amides is 1. The number of fused-ring (bicyclic) bond motifs is 1. The number of aromatic nitrogens is 1. The second-order valence-electron chi connectivity index (χ2n) is 7.08. The van der Waals surface area contributed by atoms with Gasteiger partial charge in [0, 0.05) is 17.9 Å². The van der Waals surface area contributed by atoms with E-state index in [1.54, 1.807) is 30.0 Å². The number of thioether (sulfide) groups is 1. The molecule has 158 valence electrons. The molecule has 4 rings (SSSR count). The zero-order valence-corrected chi connectivity index (χ0v) is 17.7. The summed E-state index contributed by atoms with van der Waals surface area (Å²) in [5.41, 5.74) is 2.28. The van der Waals surface area contributed by atoms with Crippen molar-refractivity contribution in [1.82, 2.24) is 4.90 Å². The van der Waals surface area contributed by atoms with Crippen LogP contribution in [0.15, 0.2) is 66.1 Å². The molecule has 1 amide bonds. The maximum absolute atomic E-state index is 11.8. The van der Waals surface area contributed by atoms with Crippen LogP contribution in [-0.4, -0.2) is 39.0 Å². The number of carbonyl (C=O) groups is 3. The maximum atomic E-state index is 11.8. The average Bonchev–Trinajstić information content (AvgIpc) is 2.73. The Hall–Kier alpha value is -3.10. The van der Waals surface area contributed by atoms with Gasteiger partial charge in [0.1, 0.15) is 0 Å². The van der Waals surface area contributed by atoms with Crippen LogP contribution in [-0.2, 0) is 16.1 Å². The molecule has 2 aromatic rings. The quantitative estimate of drug-likeness (QED) is 0.526. The average molecular weight is 457 g/mol. The molecule has 7 nitrogen and oxygen atoms in total. The molecule has 1 aromatic carbocycles. The minimum absolute atomic E-state index is 0.0294. The number of aliphatic carboxylic acids is 1. The molecule has 0 radical (unpaired) electrons. The summed E-state index contributed by atoms with van der Waals surface area (Å²) in [6, 6.07) is 8.55. The minimum Gasteiger partial charge on any atom is -0.543 e. The minimum atomic E-state index is -1.33. The van der Waals surface area contributed by atoms with Crippen LogP contribution in [0.2, 0.25) is 5.02 Å². The van der Waals surface area contributed by atoms with Crippen molar-refractivity contribution in [1.29, 1.82) is 0 Å². The van der Waals surface area contributed by atoms with Crippen molar-refractivity contribution in [2.24, 2.45) is 0 Å². The van der Waals surface area contributed by atoms with E-state index in [0.29, 0.717) is 24.3 Å². The Morgan fingerprint density at radius 2 is 2.00 bits per heavy atom. The largest absolute Gasteiger partial charge is 0.543 e. The number of β-lactam (4-membered cyclic amide) rings is 1. The van der Waals surface area contributed by atoms with Crippen LogP contribution >= 0.6 is 23.4 Å². The first-order valence-corrected chi connectivity index (χ1v) is 10.8. The number of benzene rings is 1. The van der Waals surface area contributed by atoms with E-state index in [1.807, 2.05) is 35.2 Å². The summed E-state index contributed by atoms with van der Waals surface area (Å²) in [5, 5.41) is 20.7. The van der Waals surface area contributed by atoms with Crippen molar-refractivity contribution in [2.75, 3.05) is 5.75 Å². The summed E-state index contributed by atoms with van der Waals surface area (Å²) in [6.45, 7) is 0.505. The van der Waals surface area contributed by atoms with Crippen LogP contribution in [0.5, 0.6) is 0 Å². The Bertz CT molecular complexity index is 1140. The van der Waals surface area contributed by atoms with Crippen molar-refractivity contribution in [3.05, 3.63) is 76.7 Å². The molecule has 1 atom stereocenters. The Morgan fingerprint density at radius 3 is 2.61 bits per heavy atom. The first-order valence-electron chi connectivity index (χ1n) is 9.42. The van der Waals surface area contributed by atoms with Gasteiger partial charge in [-0.25, -0.2) is 9.36 Å². The van der Waals surface area contributed by atoms with Gasteiger partial charge in [-0.05, 0) is 34.9 Å². The molecule has 1 N–H and O–H groups in total. The van der Waals surface area contributed by atoms with Crippen LogP contribution in [0.3, 0.4) is 0 Å². The third-order valence-corrected chi connectivity index (χ3v) is 6.69. The molecule has 0 aliphatic carbocycles. The number of allylic oxidation sites excluding steroid dienone is 2. The Kier molecular flexibility index (Phi) is 5.84. The molecule has 0 bridgehead atoms. The highest BCUT2D eigenvalue weighted by molar-refractivity contribution is 8.00. The molecular weight excluding hydrogens is 440 g/mol. The van der Waals surface area contributed by atoms with E-state index in [4.69, 9.17) is 16.7 Å². The zero-order valence-electron chi connectivity index (χ0n) is 16.2. The Morgan fingerprint density at radius 1 is 1.26 bits per heavy atom. The summed E-state index contributed by atoms with van der Waals surface area (Å²) in [5.74, 6) is -2.08. The second-order valence-corrected chi connectivity index (χ2v) is 8.65. The predicted molar refractivity (Wildman–Crippen MR) is 113 cm³/mol. The Balaban J connectivity index is 1.47. The topological polar surface area (TPSA) is 102 Å². The molecule has 3 heterocycles. The van der Waals surface area contributed by atoms with E-state index >= 15 is 0 Å². The van der Waals surface area contributed by atoms with Crippen LogP contribution in [0.4, 0.5) is 0 Å². The molecule has 9 heteroatoms. The van der Waals surface area contributed by atoms with Crippen LogP contribution < -0.4 is 9.67 Å². The number of hydrogen-bond acceptors (Lipinski definition) is 5. The number of carbonyl (C=O) groups excluding carboxylic acids is 2. The van der Waals surface area contributed by atoms with Crippen LogP contribution in [0.25, 0.3) is 11.1 Å². The number of halogens is 1. The maximum Gasteiger partial charge on any atom is 0.337 e. The number of rotatable bonds is 6. The van der Waals surface area contributed by atoms with Crippen molar-refractivity contribution >= 4 is 41.2 Å². The summed E-state index contributed by atoms with van der Waals surface area (Å²) < 4.78 is 1.90. The molecule has 2 aliphatic heterocycles. The lowest BCUT2D eigenvalue weighted by atomic mass is 10.1. The van der Waals surface area contributed by atoms with Crippen molar-refractivity contribution < 1.29 is 29.2 Å². The van der Waals surface area contributed by atoms with E-state index < -0.39 is 11.9 Å². The molecule has 1 saturated heterocycles. The summed E-state index contributed by atoms with van der Waals surface area (Å²) in [6.07, 6.45) is 7.65. The van der Waals surface area contributed by atoms with E-state index in [-0.39, 0.29) is 27.6 Å². The smallest absolute Gasteiger partial charge is 0.337 e. The number of carboxylic acids is 2. The van der Waals surface area contributed by atoms with Gasteiger partial charge in [0.25, 0.3) is 0 Å². The van der Waals surface area contributed by atoms with Crippen LogP contribution in [0.1, 0.15) is 16.8 Å². The molecule has 0 spiro atoms.